The Morgan fingerprint density at radius 3 is 2.67 bits per heavy atom. The summed E-state index contributed by atoms with van der Waals surface area (Å²) < 4.78 is 13.7. The molecule has 3 heteroatoms. The zero-order valence-corrected chi connectivity index (χ0v) is 9.98. The molecule has 0 aliphatic rings. The lowest BCUT2D eigenvalue weighted by molar-refractivity contribution is -0.117. The molecule has 1 nitrogen and oxygen atoms in total. The van der Waals surface area contributed by atoms with Crippen LogP contribution in [0.1, 0.15) is 26.3 Å². The fourth-order valence-corrected chi connectivity index (χ4v) is 2.11. The predicted octanol–water partition coefficient (Wildman–Crippen LogP) is 3.57. The van der Waals surface area contributed by atoms with Crippen molar-refractivity contribution >= 4 is 18.0 Å². The van der Waals surface area contributed by atoms with Gasteiger partial charge in [-0.15, -0.1) is 11.8 Å². The fraction of sp³-hybridized carbons (Fsp3) is 0.417. The highest BCUT2D eigenvalue weighted by Gasteiger charge is 2.24. The second-order valence-electron chi connectivity index (χ2n) is 3.89. The first-order valence-electron chi connectivity index (χ1n) is 4.88. The molecule has 1 rings (SSSR count). The third-order valence-corrected chi connectivity index (χ3v) is 2.99. The Labute approximate surface area is 94.1 Å². The summed E-state index contributed by atoms with van der Waals surface area (Å²) in [6, 6.07) is 7.08. The SMILES string of the molecule is CC(C)Sc1cccc(C(C)(F)C=O)c1. The number of thioether (sulfide) groups is 1. The highest BCUT2D eigenvalue weighted by molar-refractivity contribution is 7.99. The van der Waals surface area contributed by atoms with Gasteiger partial charge in [0.2, 0.25) is 0 Å². The van der Waals surface area contributed by atoms with Crippen molar-refractivity contribution in [3.8, 4) is 0 Å². The molecular formula is C12H15FOS. The molecule has 0 aliphatic heterocycles. The molecular weight excluding hydrogens is 211 g/mol. The van der Waals surface area contributed by atoms with Gasteiger partial charge < -0.3 is 0 Å². The molecule has 0 aromatic heterocycles. The van der Waals surface area contributed by atoms with E-state index in [-0.39, 0.29) is 0 Å². The molecule has 0 aliphatic carbocycles. The standard InChI is InChI=1S/C12H15FOS/c1-9(2)15-11-6-4-5-10(7-11)12(3,13)8-14/h4-9H,1-3H3. The van der Waals surface area contributed by atoms with Gasteiger partial charge >= 0.3 is 0 Å². The summed E-state index contributed by atoms with van der Waals surface area (Å²) >= 11 is 1.66. The molecule has 0 saturated heterocycles. The van der Waals surface area contributed by atoms with Crippen LogP contribution in [0.5, 0.6) is 0 Å². The number of alkyl halides is 1. The third-order valence-electron chi connectivity index (χ3n) is 1.99. The highest BCUT2D eigenvalue weighted by Crippen LogP contribution is 2.29. The van der Waals surface area contributed by atoms with Gasteiger partial charge in [0.1, 0.15) is 0 Å². The van der Waals surface area contributed by atoms with E-state index in [9.17, 15) is 9.18 Å². The number of aldehydes is 1. The zero-order valence-electron chi connectivity index (χ0n) is 9.16. The van der Waals surface area contributed by atoms with E-state index in [2.05, 4.69) is 13.8 Å². The number of hydrogen-bond donors (Lipinski definition) is 0. The molecule has 1 aromatic carbocycles. The average molecular weight is 226 g/mol. The van der Waals surface area contributed by atoms with E-state index in [1.807, 2.05) is 6.07 Å². The summed E-state index contributed by atoms with van der Waals surface area (Å²) in [5, 5.41) is 0.447. The summed E-state index contributed by atoms with van der Waals surface area (Å²) in [6.45, 7) is 5.43. The topological polar surface area (TPSA) is 17.1 Å². The van der Waals surface area contributed by atoms with E-state index in [4.69, 9.17) is 0 Å². The van der Waals surface area contributed by atoms with Gasteiger partial charge in [0.05, 0.1) is 0 Å². The lowest BCUT2D eigenvalue weighted by Gasteiger charge is -2.14. The summed E-state index contributed by atoms with van der Waals surface area (Å²) in [4.78, 5) is 11.6. The van der Waals surface area contributed by atoms with E-state index in [1.165, 1.54) is 6.92 Å². The summed E-state index contributed by atoms with van der Waals surface area (Å²) in [6.07, 6.45) is 0.339. The number of benzene rings is 1. The minimum absolute atomic E-state index is 0.339. The van der Waals surface area contributed by atoms with Crippen molar-refractivity contribution in [1.29, 1.82) is 0 Å². The van der Waals surface area contributed by atoms with E-state index < -0.39 is 5.67 Å². The molecule has 0 bridgehead atoms. The van der Waals surface area contributed by atoms with Gasteiger partial charge in [-0.2, -0.15) is 0 Å². The van der Waals surface area contributed by atoms with Crippen LogP contribution in [-0.4, -0.2) is 11.5 Å². The Morgan fingerprint density at radius 1 is 1.47 bits per heavy atom. The molecule has 1 atom stereocenters. The van der Waals surface area contributed by atoms with Crippen molar-refractivity contribution in [2.24, 2.45) is 0 Å². The summed E-state index contributed by atoms with van der Waals surface area (Å²) in [5.41, 5.74) is -1.46. The van der Waals surface area contributed by atoms with Gasteiger partial charge in [-0.3, -0.25) is 4.79 Å². The second kappa shape index (κ2) is 4.79. The molecule has 0 saturated carbocycles. The molecule has 0 heterocycles. The van der Waals surface area contributed by atoms with Crippen molar-refractivity contribution < 1.29 is 9.18 Å². The van der Waals surface area contributed by atoms with E-state index in [0.29, 0.717) is 17.1 Å². The summed E-state index contributed by atoms with van der Waals surface area (Å²) in [7, 11) is 0. The van der Waals surface area contributed by atoms with Gasteiger partial charge in [0.25, 0.3) is 0 Å². The van der Waals surface area contributed by atoms with Crippen LogP contribution in [0.15, 0.2) is 29.2 Å². The van der Waals surface area contributed by atoms with Crippen LogP contribution in [0.4, 0.5) is 4.39 Å². The van der Waals surface area contributed by atoms with Gasteiger partial charge in [-0.1, -0.05) is 26.0 Å². The Hall–Kier alpha value is -0.830. The van der Waals surface area contributed by atoms with E-state index >= 15 is 0 Å². The molecule has 0 amide bonds. The van der Waals surface area contributed by atoms with E-state index in [1.54, 1.807) is 30.0 Å². The predicted molar refractivity (Wildman–Crippen MR) is 62.0 cm³/mol. The van der Waals surface area contributed by atoms with Crippen molar-refractivity contribution in [2.75, 3.05) is 0 Å². The molecule has 0 radical (unpaired) electrons. The first-order chi connectivity index (χ1) is 6.95. The molecule has 0 spiro atoms. The molecule has 0 fully saturated rings. The number of carbonyl (C=O) groups is 1. The maximum Gasteiger partial charge on any atom is 0.188 e. The largest absolute Gasteiger partial charge is 0.299 e. The summed E-state index contributed by atoms with van der Waals surface area (Å²) in [5.74, 6) is 0. The first kappa shape index (κ1) is 12.2. The van der Waals surface area contributed by atoms with Gasteiger partial charge in [-0.25, -0.2) is 4.39 Å². The molecule has 0 N–H and O–H groups in total. The van der Waals surface area contributed by atoms with Crippen LogP contribution in [0.2, 0.25) is 0 Å². The quantitative estimate of drug-likeness (QED) is 0.576. The van der Waals surface area contributed by atoms with Crippen LogP contribution < -0.4 is 0 Å². The molecule has 15 heavy (non-hydrogen) atoms. The lowest BCUT2D eigenvalue weighted by Crippen LogP contribution is -2.16. The second-order valence-corrected chi connectivity index (χ2v) is 5.54. The number of rotatable bonds is 4. The Bertz CT molecular complexity index is 347. The Balaban J connectivity index is 2.97. The smallest absolute Gasteiger partial charge is 0.188 e. The molecule has 1 unspecified atom stereocenters. The lowest BCUT2D eigenvalue weighted by atomic mass is 10.00. The highest BCUT2D eigenvalue weighted by atomic mass is 32.2. The zero-order chi connectivity index (χ0) is 11.5. The van der Waals surface area contributed by atoms with Crippen LogP contribution >= 0.6 is 11.8 Å². The first-order valence-corrected chi connectivity index (χ1v) is 5.76. The van der Waals surface area contributed by atoms with Gasteiger partial charge in [0.15, 0.2) is 12.0 Å². The third kappa shape index (κ3) is 3.34. The van der Waals surface area contributed by atoms with Crippen molar-refractivity contribution in [1.82, 2.24) is 0 Å². The average Bonchev–Trinajstić information content (AvgIpc) is 2.17. The van der Waals surface area contributed by atoms with Crippen LogP contribution in [0, 0.1) is 0 Å². The minimum atomic E-state index is -1.88. The number of hydrogen-bond acceptors (Lipinski definition) is 2. The monoisotopic (exact) mass is 226 g/mol. The fourth-order valence-electron chi connectivity index (χ4n) is 1.21. The van der Waals surface area contributed by atoms with Crippen molar-refractivity contribution in [3.05, 3.63) is 29.8 Å². The Kier molecular flexibility index (Phi) is 3.91. The van der Waals surface area contributed by atoms with Gasteiger partial charge in [-0.05, 0) is 24.6 Å². The number of carbonyl (C=O) groups excluding carboxylic acids is 1. The van der Waals surface area contributed by atoms with Crippen molar-refractivity contribution in [2.45, 2.75) is 36.6 Å². The van der Waals surface area contributed by atoms with Crippen LogP contribution in [-0.2, 0) is 10.5 Å². The van der Waals surface area contributed by atoms with E-state index in [0.717, 1.165) is 4.90 Å². The minimum Gasteiger partial charge on any atom is -0.299 e. The van der Waals surface area contributed by atoms with Crippen molar-refractivity contribution in [3.63, 3.8) is 0 Å². The molecule has 1 aromatic rings. The Morgan fingerprint density at radius 2 is 2.13 bits per heavy atom. The molecule has 82 valence electrons. The van der Waals surface area contributed by atoms with Crippen LogP contribution in [0.25, 0.3) is 0 Å². The normalized spacial score (nSPS) is 15.0. The maximum absolute atomic E-state index is 13.7. The maximum atomic E-state index is 13.7. The van der Waals surface area contributed by atoms with Gasteiger partial charge in [0, 0.05) is 10.1 Å². The van der Waals surface area contributed by atoms with Crippen LogP contribution in [0.3, 0.4) is 0 Å². The number of halogens is 1.